The fourth-order valence-corrected chi connectivity index (χ4v) is 2.67. The van der Waals surface area contributed by atoms with Crippen molar-refractivity contribution in [3.63, 3.8) is 0 Å². The van der Waals surface area contributed by atoms with Crippen LogP contribution >= 0.6 is 15.9 Å². The van der Waals surface area contributed by atoms with Gasteiger partial charge in [-0.3, -0.25) is 0 Å². The van der Waals surface area contributed by atoms with Gasteiger partial charge in [-0.15, -0.1) is 0 Å². The van der Waals surface area contributed by atoms with Crippen LogP contribution in [0.25, 0.3) is 0 Å². The Balaban J connectivity index is 2.94. The topological polar surface area (TPSA) is 29.3 Å². The molecule has 0 saturated carbocycles. The zero-order valence-electron chi connectivity index (χ0n) is 11.2. The van der Waals surface area contributed by atoms with Gasteiger partial charge in [0.15, 0.2) is 0 Å². The normalized spacial score (nSPS) is 12.9. The average Bonchev–Trinajstić information content (AvgIpc) is 2.24. The summed E-state index contributed by atoms with van der Waals surface area (Å²) in [5.74, 6) is 0.668. The van der Waals surface area contributed by atoms with Crippen LogP contribution in [-0.4, -0.2) is 13.1 Å². The number of halogens is 1. The molecule has 0 radical (unpaired) electrons. The van der Waals surface area contributed by atoms with E-state index < -0.39 is 0 Å². The van der Waals surface area contributed by atoms with Crippen LogP contribution in [0.1, 0.15) is 39.3 Å². The van der Waals surface area contributed by atoms with Crippen molar-refractivity contribution in [1.29, 1.82) is 0 Å². The van der Waals surface area contributed by atoms with E-state index in [9.17, 15) is 0 Å². The molecule has 0 aromatic heterocycles. The fourth-order valence-electron chi connectivity index (χ4n) is 1.94. The summed E-state index contributed by atoms with van der Waals surface area (Å²) < 4.78 is 1.10. The highest BCUT2D eigenvalue weighted by atomic mass is 79.9. The maximum absolute atomic E-state index is 5.91. The zero-order valence-corrected chi connectivity index (χ0v) is 12.8. The van der Waals surface area contributed by atoms with Gasteiger partial charge in [0.05, 0.1) is 0 Å². The molecule has 0 aliphatic heterocycles. The lowest BCUT2D eigenvalue weighted by molar-refractivity contribution is 0.618. The van der Waals surface area contributed by atoms with Gasteiger partial charge < -0.3 is 10.6 Å². The van der Waals surface area contributed by atoms with Crippen LogP contribution in [0.15, 0.2) is 22.7 Å². The van der Waals surface area contributed by atoms with Crippen molar-refractivity contribution in [2.75, 3.05) is 18.0 Å². The van der Waals surface area contributed by atoms with Crippen LogP contribution in [-0.2, 0) is 0 Å². The van der Waals surface area contributed by atoms with E-state index in [1.807, 2.05) is 6.92 Å². The number of nitrogens with two attached hydrogens (primary N) is 1. The van der Waals surface area contributed by atoms with Gasteiger partial charge in [-0.2, -0.15) is 0 Å². The number of benzene rings is 1. The first-order chi connectivity index (χ1) is 7.95. The molecule has 0 heterocycles. The van der Waals surface area contributed by atoms with Crippen LogP contribution < -0.4 is 10.6 Å². The largest absolute Gasteiger partial charge is 0.372 e. The van der Waals surface area contributed by atoms with Crippen LogP contribution in [0, 0.1) is 5.92 Å². The Bertz CT molecular complexity index is 361. The van der Waals surface area contributed by atoms with Gasteiger partial charge in [-0.1, -0.05) is 35.8 Å². The maximum Gasteiger partial charge on any atom is 0.0377 e. The summed E-state index contributed by atoms with van der Waals surface area (Å²) in [5.41, 5.74) is 8.33. The van der Waals surface area contributed by atoms with E-state index in [1.54, 1.807) is 0 Å². The van der Waals surface area contributed by atoms with Crippen molar-refractivity contribution in [3.05, 3.63) is 28.2 Å². The molecule has 0 fully saturated rings. The summed E-state index contributed by atoms with van der Waals surface area (Å²) in [6.45, 7) is 10.8. The van der Waals surface area contributed by atoms with Crippen LogP contribution in [0.2, 0.25) is 0 Å². The predicted octanol–water partition coefficient (Wildman–Crippen LogP) is 3.95. The molecule has 3 heteroatoms. The molecular formula is C14H23BrN2. The fraction of sp³-hybridized carbons (Fsp3) is 0.571. The third kappa shape index (κ3) is 4.00. The summed E-state index contributed by atoms with van der Waals surface area (Å²) in [7, 11) is 0. The maximum atomic E-state index is 5.91. The molecule has 2 nitrogen and oxygen atoms in total. The van der Waals surface area contributed by atoms with Gasteiger partial charge in [-0.25, -0.2) is 0 Å². The average molecular weight is 299 g/mol. The molecule has 2 N–H and O–H groups in total. The Labute approximate surface area is 113 Å². The lowest BCUT2D eigenvalue weighted by Crippen LogP contribution is -2.27. The van der Waals surface area contributed by atoms with Crippen molar-refractivity contribution < 1.29 is 0 Å². The van der Waals surface area contributed by atoms with Crippen LogP contribution in [0.3, 0.4) is 0 Å². The monoisotopic (exact) mass is 298 g/mol. The molecule has 0 saturated heterocycles. The summed E-state index contributed by atoms with van der Waals surface area (Å²) in [5, 5.41) is 0. The standard InChI is InChI=1S/C14H23BrN2/c1-5-17(9-10(2)3)12-6-7-13(11(4)16)14(15)8-12/h6-8,10-11H,5,9,16H2,1-4H3/t11-/m1/s1. The Morgan fingerprint density at radius 3 is 2.35 bits per heavy atom. The quantitative estimate of drug-likeness (QED) is 0.892. The molecule has 0 amide bonds. The zero-order chi connectivity index (χ0) is 13.0. The Morgan fingerprint density at radius 2 is 1.94 bits per heavy atom. The second-order valence-corrected chi connectivity index (χ2v) is 5.78. The van der Waals surface area contributed by atoms with Gasteiger partial charge >= 0.3 is 0 Å². The number of rotatable bonds is 5. The second kappa shape index (κ2) is 6.41. The molecule has 1 rings (SSSR count). The van der Waals surface area contributed by atoms with Crippen molar-refractivity contribution in [2.45, 2.75) is 33.7 Å². The molecule has 1 atom stereocenters. The first-order valence-electron chi connectivity index (χ1n) is 6.25. The van der Waals surface area contributed by atoms with Gasteiger partial charge in [0.2, 0.25) is 0 Å². The molecule has 0 unspecified atom stereocenters. The third-order valence-corrected chi connectivity index (χ3v) is 3.49. The Hall–Kier alpha value is -0.540. The Morgan fingerprint density at radius 1 is 1.29 bits per heavy atom. The molecule has 0 spiro atoms. The lowest BCUT2D eigenvalue weighted by Gasteiger charge is -2.26. The van der Waals surface area contributed by atoms with Crippen molar-refractivity contribution in [2.24, 2.45) is 11.7 Å². The second-order valence-electron chi connectivity index (χ2n) is 4.93. The van der Waals surface area contributed by atoms with Crippen LogP contribution in [0.4, 0.5) is 5.69 Å². The van der Waals surface area contributed by atoms with E-state index >= 15 is 0 Å². The van der Waals surface area contributed by atoms with E-state index in [0.29, 0.717) is 5.92 Å². The molecule has 1 aromatic rings. The molecule has 0 aliphatic carbocycles. The first-order valence-corrected chi connectivity index (χ1v) is 7.05. The van der Waals surface area contributed by atoms with E-state index in [2.05, 4.69) is 59.8 Å². The van der Waals surface area contributed by atoms with Gasteiger partial charge in [0, 0.05) is 29.3 Å². The first kappa shape index (κ1) is 14.5. The van der Waals surface area contributed by atoms with E-state index in [1.165, 1.54) is 5.69 Å². The smallest absolute Gasteiger partial charge is 0.0377 e. The van der Waals surface area contributed by atoms with E-state index in [0.717, 1.165) is 23.1 Å². The minimum Gasteiger partial charge on any atom is -0.372 e. The number of hydrogen-bond donors (Lipinski definition) is 1. The van der Waals surface area contributed by atoms with Crippen molar-refractivity contribution in [1.82, 2.24) is 0 Å². The molecule has 96 valence electrons. The highest BCUT2D eigenvalue weighted by Crippen LogP contribution is 2.27. The van der Waals surface area contributed by atoms with Gasteiger partial charge in [0.1, 0.15) is 0 Å². The third-order valence-electron chi connectivity index (χ3n) is 2.81. The van der Waals surface area contributed by atoms with Crippen molar-refractivity contribution in [3.8, 4) is 0 Å². The minimum atomic E-state index is 0.0681. The predicted molar refractivity (Wildman–Crippen MR) is 79.5 cm³/mol. The number of hydrogen-bond acceptors (Lipinski definition) is 2. The highest BCUT2D eigenvalue weighted by Gasteiger charge is 2.10. The molecular weight excluding hydrogens is 276 g/mol. The Kier molecular flexibility index (Phi) is 5.47. The van der Waals surface area contributed by atoms with Crippen LogP contribution in [0.5, 0.6) is 0 Å². The summed E-state index contributed by atoms with van der Waals surface area (Å²) in [4.78, 5) is 2.39. The van der Waals surface area contributed by atoms with Gasteiger partial charge in [-0.05, 0) is 37.5 Å². The van der Waals surface area contributed by atoms with Gasteiger partial charge in [0.25, 0.3) is 0 Å². The summed E-state index contributed by atoms with van der Waals surface area (Å²) >= 11 is 3.60. The van der Waals surface area contributed by atoms with Crippen molar-refractivity contribution >= 4 is 21.6 Å². The highest BCUT2D eigenvalue weighted by molar-refractivity contribution is 9.10. The molecule has 17 heavy (non-hydrogen) atoms. The lowest BCUT2D eigenvalue weighted by atomic mass is 10.1. The summed E-state index contributed by atoms with van der Waals surface area (Å²) in [6, 6.07) is 6.52. The molecule has 1 aromatic carbocycles. The number of nitrogens with zero attached hydrogens (tertiary/aromatic N) is 1. The molecule has 0 bridgehead atoms. The van der Waals surface area contributed by atoms with E-state index in [-0.39, 0.29) is 6.04 Å². The molecule has 0 aliphatic rings. The minimum absolute atomic E-state index is 0.0681. The number of anilines is 1. The SMILES string of the molecule is CCN(CC(C)C)c1ccc([C@@H](C)N)c(Br)c1. The van der Waals surface area contributed by atoms with E-state index in [4.69, 9.17) is 5.73 Å². The summed E-state index contributed by atoms with van der Waals surface area (Å²) in [6.07, 6.45) is 0.